The van der Waals surface area contributed by atoms with Gasteiger partial charge in [0.1, 0.15) is 6.26 Å². The van der Waals surface area contributed by atoms with Gasteiger partial charge in [0.25, 0.3) is 5.91 Å². The van der Waals surface area contributed by atoms with Gasteiger partial charge < -0.3 is 14.7 Å². The number of amides is 1. The van der Waals surface area contributed by atoms with E-state index >= 15 is 0 Å². The average Bonchev–Trinajstić information content (AvgIpc) is 2.69. The predicted octanol–water partition coefficient (Wildman–Crippen LogP) is 0.109. The first-order valence-corrected chi connectivity index (χ1v) is 4.70. The van der Waals surface area contributed by atoms with Crippen LogP contribution in [0.1, 0.15) is 17.4 Å². The molecule has 0 spiro atoms. The van der Waals surface area contributed by atoms with Crippen molar-refractivity contribution in [2.24, 2.45) is 0 Å². The van der Waals surface area contributed by atoms with E-state index in [-0.39, 0.29) is 5.91 Å². The number of carbonyl (C=O) groups is 1. The van der Waals surface area contributed by atoms with Gasteiger partial charge >= 0.3 is 0 Å². The van der Waals surface area contributed by atoms with Crippen LogP contribution in [0.2, 0.25) is 0 Å². The van der Waals surface area contributed by atoms with Crippen molar-refractivity contribution in [1.29, 1.82) is 0 Å². The summed E-state index contributed by atoms with van der Waals surface area (Å²) in [6, 6.07) is 1.94. The normalized spacial score (nSPS) is 22.4. The van der Waals surface area contributed by atoms with E-state index in [1.807, 2.05) is 0 Å². The molecule has 1 aliphatic rings. The van der Waals surface area contributed by atoms with E-state index in [1.165, 1.54) is 6.26 Å². The second-order valence-corrected chi connectivity index (χ2v) is 3.49. The van der Waals surface area contributed by atoms with Crippen LogP contribution in [0.15, 0.2) is 16.9 Å². The molecule has 0 bridgehead atoms. The molecule has 76 valence electrons. The SMILES string of the molecule is C[C@H]1CN(C(=O)c2ccon2)CCN1. The molecule has 1 N–H and O–H groups in total. The second-order valence-electron chi connectivity index (χ2n) is 3.49. The van der Waals surface area contributed by atoms with Crippen LogP contribution in [-0.4, -0.2) is 41.6 Å². The number of carbonyl (C=O) groups excluding carboxylic acids is 1. The zero-order valence-electron chi connectivity index (χ0n) is 8.06. The van der Waals surface area contributed by atoms with Gasteiger partial charge in [-0.15, -0.1) is 0 Å². The number of rotatable bonds is 1. The Morgan fingerprint density at radius 1 is 1.79 bits per heavy atom. The van der Waals surface area contributed by atoms with Crippen molar-refractivity contribution in [2.45, 2.75) is 13.0 Å². The van der Waals surface area contributed by atoms with Gasteiger partial charge in [-0.2, -0.15) is 0 Å². The van der Waals surface area contributed by atoms with Gasteiger partial charge in [-0.25, -0.2) is 0 Å². The van der Waals surface area contributed by atoms with Crippen LogP contribution in [0.4, 0.5) is 0 Å². The highest BCUT2D eigenvalue weighted by Gasteiger charge is 2.22. The van der Waals surface area contributed by atoms with Crippen molar-refractivity contribution >= 4 is 5.91 Å². The van der Waals surface area contributed by atoms with Crippen LogP contribution in [0.5, 0.6) is 0 Å². The minimum atomic E-state index is -0.0490. The topological polar surface area (TPSA) is 58.4 Å². The molecule has 1 saturated heterocycles. The van der Waals surface area contributed by atoms with Gasteiger partial charge in [0, 0.05) is 31.7 Å². The minimum Gasteiger partial charge on any atom is -0.364 e. The molecule has 2 heterocycles. The van der Waals surface area contributed by atoms with E-state index in [1.54, 1.807) is 11.0 Å². The minimum absolute atomic E-state index is 0.0490. The first-order valence-electron chi connectivity index (χ1n) is 4.70. The summed E-state index contributed by atoms with van der Waals surface area (Å²) in [4.78, 5) is 13.6. The fraction of sp³-hybridized carbons (Fsp3) is 0.556. The Morgan fingerprint density at radius 3 is 3.29 bits per heavy atom. The molecule has 1 amide bonds. The van der Waals surface area contributed by atoms with E-state index in [2.05, 4.69) is 21.9 Å². The number of nitrogens with one attached hydrogen (secondary N) is 1. The molecule has 14 heavy (non-hydrogen) atoms. The van der Waals surface area contributed by atoms with Crippen molar-refractivity contribution < 1.29 is 9.32 Å². The zero-order valence-corrected chi connectivity index (χ0v) is 8.06. The molecule has 1 fully saturated rings. The molecule has 1 aliphatic heterocycles. The smallest absolute Gasteiger partial charge is 0.276 e. The van der Waals surface area contributed by atoms with Crippen LogP contribution in [0, 0.1) is 0 Å². The van der Waals surface area contributed by atoms with Crippen LogP contribution in [0.3, 0.4) is 0 Å². The lowest BCUT2D eigenvalue weighted by Crippen LogP contribution is -2.51. The molecule has 0 saturated carbocycles. The van der Waals surface area contributed by atoms with Gasteiger partial charge in [0.05, 0.1) is 0 Å². The van der Waals surface area contributed by atoms with Crippen molar-refractivity contribution in [2.75, 3.05) is 19.6 Å². The maximum atomic E-state index is 11.8. The third kappa shape index (κ3) is 1.77. The molecule has 0 radical (unpaired) electrons. The molecule has 0 unspecified atom stereocenters. The fourth-order valence-electron chi connectivity index (χ4n) is 1.60. The number of aromatic nitrogens is 1. The van der Waals surface area contributed by atoms with Crippen LogP contribution >= 0.6 is 0 Å². The van der Waals surface area contributed by atoms with E-state index in [4.69, 9.17) is 0 Å². The Labute approximate surface area is 82.1 Å². The fourth-order valence-corrected chi connectivity index (χ4v) is 1.60. The molecule has 1 atom stereocenters. The summed E-state index contributed by atoms with van der Waals surface area (Å²) in [6.45, 7) is 4.36. The molecule has 1 aromatic rings. The monoisotopic (exact) mass is 195 g/mol. The third-order valence-corrected chi connectivity index (χ3v) is 2.31. The number of hydrogen-bond acceptors (Lipinski definition) is 4. The summed E-state index contributed by atoms with van der Waals surface area (Å²) in [5, 5.41) is 6.90. The Kier molecular flexibility index (Phi) is 2.49. The summed E-state index contributed by atoms with van der Waals surface area (Å²) in [6.07, 6.45) is 1.42. The molecule has 2 rings (SSSR count). The quantitative estimate of drug-likeness (QED) is 0.691. The molecule has 5 nitrogen and oxygen atoms in total. The summed E-state index contributed by atoms with van der Waals surface area (Å²) in [5.41, 5.74) is 0.388. The van der Waals surface area contributed by atoms with E-state index in [0.29, 0.717) is 11.7 Å². The second kappa shape index (κ2) is 3.79. The number of nitrogens with zero attached hydrogens (tertiary/aromatic N) is 2. The standard InChI is InChI=1S/C9H13N3O2/c1-7-6-12(4-3-10-7)9(13)8-2-5-14-11-8/h2,5,7,10H,3-4,6H2,1H3/t7-/m0/s1. The van der Waals surface area contributed by atoms with E-state index in [0.717, 1.165) is 19.6 Å². The molecule has 1 aromatic heterocycles. The Hall–Kier alpha value is -1.36. The summed E-state index contributed by atoms with van der Waals surface area (Å²) in [5.74, 6) is -0.0490. The summed E-state index contributed by atoms with van der Waals surface area (Å²) < 4.78 is 4.64. The summed E-state index contributed by atoms with van der Waals surface area (Å²) in [7, 11) is 0. The van der Waals surface area contributed by atoms with Crippen LogP contribution < -0.4 is 5.32 Å². The predicted molar refractivity (Wildman–Crippen MR) is 49.9 cm³/mol. The van der Waals surface area contributed by atoms with Gasteiger partial charge in [-0.3, -0.25) is 4.79 Å². The van der Waals surface area contributed by atoms with Gasteiger partial charge in [0.15, 0.2) is 5.69 Å². The van der Waals surface area contributed by atoms with Crippen molar-refractivity contribution in [3.8, 4) is 0 Å². The summed E-state index contributed by atoms with van der Waals surface area (Å²) >= 11 is 0. The van der Waals surface area contributed by atoms with Gasteiger partial charge in [0.2, 0.25) is 0 Å². The van der Waals surface area contributed by atoms with Gasteiger partial charge in [-0.1, -0.05) is 5.16 Å². The van der Waals surface area contributed by atoms with E-state index in [9.17, 15) is 4.79 Å². The third-order valence-electron chi connectivity index (χ3n) is 2.31. The average molecular weight is 195 g/mol. The molecular weight excluding hydrogens is 182 g/mol. The van der Waals surface area contributed by atoms with Gasteiger partial charge in [-0.05, 0) is 6.92 Å². The lowest BCUT2D eigenvalue weighted by molar-refractivity contribution is 0.0698. The highest BCUT2D eigenvalue weighted by molar-refractivity contribution is 5.92. The van der Waals surface area contributed by atoms with E-state index < -0.39 is 0 Å². The van der Waals surface area contributed by atoms with Crippen LogP contribution in [0.25, 0.3) is 0 Å². The first-order chi connectivity index (χ1) is 6.77. The van der Waals surface area contributed by atoms with Crippen LogP contribution in [-0.2, 0) is 0 Å². The number of hydrogen-bond donors (Lipinski definition) is 1. The lowest BCUT2D eigenvalue weighted by atomic mass is 10.2. The highest BCUT2D eigenvalue weighted by Crippen LogP contribution is 2.05. The molecule has 0 aromatic carbocycles. The maximum absolute atomic E-state index is 11.8. The molecular formula is C9H13N3O2. The zero-order chi connectivity index (χ0) is 9.97. The Bertz CT molecular complexity index is 310. The maximum Gasteiger partial charge on any atom is 0.276 e. The largest absolute Gasteiger partial charge is 0.364 e. The first kappa shape index (κ1) is 9.21. The Balaban J connectivity index is 2.04. The van der Waals surface area contributed by atoms with Crippen molar-refractivity contribution in [1.82, 2.24) is 15.4 Å². The number of piperazine rings is 1. The highest BCUT2D eigenvalue weighted by atomic mass is 16.5. The Morgan fingerprint density at radius 2 is 2.64 bits per heavy atom. The van der Waals surface area contributed by atoms with Crippen molar-refractivity contribution in [3.05, 3.63) is 18.0 Å². The molecule has 0 aliphatic carbocycles. The lowest BCUT2D eigenvalue weighted by Gasteiger charge is -2.31. The molecule has 5 heteroatoms. The van der Waals surface area contributed by atoms with Crippen molar-refractivity contribution in [3.63, 3.8) is 0 Å².